The zero-order valence-corrected chi connectivity index (χ0v) is 9.66. The van der Waals surface area contributed by atoms with Gasteiger partial charge in [-0.1, -0.05) is 0 Å². The molecule has 1 N–H and O–H groups in total. The topological polar surface area (TPSA) is 43.4 Å². The normalized spacial score (nSPS) is 10.8. The van der Waals surface area contributed by atoms with Gasteiger partial charge in [-0.25, -0.2) is 8.78 Å². The molecular weight excluding hydrogens is 230 g/mol. The van der Waals surface area contributed by atoms with Gasteiger partial charge in [0.2, 0.25) is 0 Å². The number of alkyl halides is 2. The summed E-state index contributed by atoms with van der Waals surface area (Å²) in [6.45, 7) is 1.38. The van der Waals surface area contributed by atoms with Crippen LogP contribution in [-0.4, -0.2) is 38.3 Å². The third-order valence-electron chi connectivity index (χ3n) is 1.96. The predicted molar refractivity (Wildman–Crippen MR) is 59.3 cm³/mol. The molecule has 4 nitrogen and oxygen atoms in total. The molecule has 1 rings (SSSR count). The molecule has 0 saturated carbocycles. The largest absolute Gasteiger partial charge is 0.486 e. The Balaban J connectivity index is 2.29. The second kappa shape index (κ2) is 7.92. The molecule has 6 heteroatoms. The number of rotatable bonds is 8. The van der Waals surface area contributed by atoms with Crippen LogP contribution in [0.4, 0.5) is 8.78 Å². The van der Waals surface area contributed by atoms with Crippen LogP contribution >= 0.6 is 0 Å². The number of hydrogen-bond acceptors (Lipinski definition) is 4. The molecule has 0 spiro atoms. The maximum Gasteiger partial charge on any atom is 0.272 e. The molecule has 0 unspecified atom stereocenters. The van der Waals surface area contributed by atoms with E-state index in [9.17, 15) is 8.78 Å². The van der Waals surface area contributed by atoms with Crippen molar-refractivity contribution in [3.63, 3.8) is 0 Å². The molecule has 0 radical (unpaired) electrons. The summed E-state index contributed by atoms with van der Waals surface area (Å²) in [5, 5.41) is 3.12. The smallest absolute Gasteiger partial charge is 0.272 e. The Labute approximate surface area is 98.9 Å². The molecule has 1 aromatic rings. The molecule has 0 bridgehead atoms. The molecule has 0 fully saturated rings. The first-order chi connectivity index (χ1) is 8.22. The Bertz CT molecular complexity index is 307. The van der Waals surface area contributed by atoms with Crippen LogP contribution in [0.25, 0.3) is 0 Å². The van der Waals surface area contributed by atoms with E-state index in [-0.39, 0.29) is 0 Å². The fraction of sp³-hybridized carbons (Fsp3) is 0.545. The lowest BCUT2D eigenvalue weighted by Crippen LogP contribution is -2.19. The summed E-state index contributed by atoms with van der Waals surface area (Å²) in [6.07, 6.45) is -1.03. The van der Waals surface area contributed by atoms with Crippen molar-refractivity contribution in [3.8, 4) is 5.75 Å². The molecule has 0 atom stereocenters. The molecule has 0 aliphatic carbocycles. The summed E-state index contributed by atoms with van der Waals surface area (Å²) in [5.74, 6) is 0.353. The Morgan fingerprint density at radius 1 is 1.41 bits per heavy atom. The standard InChI is InChI=1S/C11H16F2N2O2/c1-16-5-4-14-6-9-2-3-10(7-15-9)17-8-11(12)13/h2-3,7,11,14H,4-6,8H2,1H3. The van der Waals surface area contributed by atoms with Crippen molar-refractivity contribution >= 4 is 0 Å². The van der Waals surface area contributed by atoms with Crippen molar-refractivity contribution in [2.75, 3.05) is 26.9 Å². The van der Waals surface area contributed by atoms with Crippen molar-refractivity contribution in [2.24, 2.45) is 0 Å². The van der Waals surface area contributed by atoms with E-state index >= 15 is 0 Å². The average molecular weight is 246 g/mol. The zero-order valence-electron chi connectivity index (χ0n) is 9.66. The number of methoxy groups -OCH3 is 1. The maximum atomic E-state index is 11.9. The molecule has 1 heterocycles. The molecule has 17 heavy (non-hydrogen) atoms. The highest BCUT2D eigenvalue weighted by molar-refractivity contribution is 5.19. The summed E-state index contributed by atoms with van der Waals surface area (Å²) in [5.41, 5.74) is 0.825. The Hall–Kier alpha value is -1.27. The molecular formula is C11H16F2N2O2. The molecule has 0 aliphatic rings. The van der Waals surface area contributed by atoms with Crippen LogP contribution in [0.15, 0.2) is 18.3 Å². The first kappa shape index (κ1) is 13.8. The highest BCUT2D eigenvalue weighted by atomic mass is 19.3. The van der Waals surface area contributed by atoms with Crippen molar-refractivity contribution in [3.05, 3.63) is 24.0 Å². The lowest BCUT2D eigenvalue weighted by Gasteiger charge is -2.06. The first-order valence-electron chi connectivity index (χ1n) is 5.28. The van der Waals surface area contributed by atoms with E-state index in [0.29, 0.717) is 18.9 Å². The summed E-state index contributed by atoms with van der Waals surface area (Å²) < 4.78 is 33.4. The van der Waals surface area contributed by atoms with Gasteiger partial charge < -0.3 is 14.8 Å². The minimum absolute atomic E-state index is 0.353. The van der Waals surface area contributed by atoms with E-state index in [1.54, 1.807) is 19.2 Å². The van der Waals surface area contributed by atoms with Gasteiger partial charge >= 0.3 is 0 Å². The van der Waals surface area contributed by atoms with Crippen molar-refractivity contribution in [2.45, 2.75) is 13.0 Å². The number of nitrogens with one attached hydrogen (secondary N) is 1. The fourth-order valence-corrected chi connectivity index (χ4v) is 1.15. The van der Waals surface area contributed by atoms with E-state index < -0.39 is 13.0 Å². The predicted octanol–water partition coefficient (Wildman–Crippen LogP) is 1.46. The second-order valence-electron chi connectivity index (χ2n) is 3.36. The SMILES string of the molecule is COCCNCc1ccc(OCC(F)F)cn1. The van der Waals surface area contributed by atoms with Gasteiger partial charge in [0.25, 0.3) is 6.43 Å². The van der Waals surface area contributed by atoms with Gasteiger partial charge in [0.15, 0.2) is 0 Å². The summed E-state index contributed by atoms with van der Waals surface area (Å²) in [7, 11) is 1.63. The second-order valence-corrected chi connectivity index (χ2v) is 3.36. The minimum atomic E-state index is -2.47. The van der Waals surface area contributed by atoms with E-state index in [1.807, 2.05) is 0 Å². The number of nitrogens with zero attached hydrogens (tertiary/aromatic N) is 1. The van der Waals surface area contributed by atoms with E-state index in [1.165, 1.54) is 6.20 Å². The Kier molecular flexibility index (Phi) is 6.42. The van der Waals surface area contributed by atoms with Crippen LogP contribution in [0, 0.1) is 0 Å². The summed E-state index contributed by atoms with van der Waals surface area (Å²) >= 11 is 0. The first-order valence-corrected chi connectivity index (χ1v) is 5.28. The molecule has 0 saturated heterocycles. The lowest BCUT2D eigenvalue weighted by molar-refractivity contribution is 0.0817. The quantitative estimate of drug-likeness (QED) is 0.705. The molecule has 0 amide bonds. The monoisotopic (exact) mass is 246 g/mol. The summed E-state index contributed by atoms with van der Waals surface area (Å²) in [6, 6.07) is 3.36. The van der Waals surface area contributed by atoms with E-state index in [2.05, 4.69) is 10.3 Å². The molecule has 1 aromatic heterocycles. The van der Waals surface area contributed by atoms with Gasteiger partial charge in [-0.3, -0.25) is 4.98 Å². The third-order valence-corrected chi connectivity index (χ3v) is 1.96. The number of halogens is 2. The van der Waals surface area contributed by atoms with Gasteiger partial charge in [-0.15, -0.1) is 0 Å². The highest BCUT2D eigenvalue weighted by Crippen LogP contribution is 2.10. The average Bonchev–Trinajstić information content (AvgIpc) is 2.33. The minimum Gasteiger partial charge on any atom is -0.486 e. The summed E-state index contributed by atoms with van der Waals surface area (Å²) in [4.78, 5) is 4.08. The number of hydrogen-bond donors (Lipinski definition) is 1. The fourth-order valence-electron chi connectivity index (χ4n) is 1.15. The van der Waals surface area contributed by atoms with Crippen LogP contribution in [0.5, 0.6) is 5.75 Å². The zero-order chi connectivity index (χ0) is 12.5. The van der Waals surface area contributed by atoms with Gasteiger partial charge in [0.1, 0.15) is 12.4 Å². The van der Waals surface area contributed by atoms with Crippen molar-refractivity contribution in [1.82, 2.24) is 10.3 Å². The van der Waals surface area contributed by atoms with Gasteiger partial charge in [0, 0.05) is 20.2 Å². The van der Waals surface area contributed by atoms with Crippen LogP contribution in [-0.2, 0) is 11.3 Å². The van der Waals surface area contributed by atoms with Crippen molar-refractivity contribution < 1.29 is 18.3 Å². The Morgan fingerprint density at radius 3 is 2.82 bits per heavy atom. The van der Waals surface area contributed by atoms with E-state index in [0.717, 1.165) is 12.2 Å². The molecule has 0 aliphatic heterocycles. The maximum absolute atomic E-state index is 11.9. The third kappa shape index (κ3) is 6.13. The van der Waals surface area contributed by atoms with Gasteiger partial charge in [0.05, 0.1) is 18.5 Å². The Morgan fingerprint density at radius 2 is 2.24 bits per heavy atom. The number of ether oxygens (including phenoxy) is 2. The van der Waals surface area contributed by atoms with Gasteiger partial charge in [-0.2, -0.15) is 0 Å². The van der Waals surface area contributed by atoms with E-state index in [4.69, 9.17) is 9.47 Å². The number of aromatic nitrogens is 1. The molecule has 96 valence electrons. The highest BCUT2D eigenvalue weighted by Gasteiger charge is 2.03. The van der Waals surface area contributed by atoms with Crippen molar-refractivity contribution in [1.29, 1.82) is 0 Å². The van der Waals surface area contributed by atoms with Crippen LogP contribution < -0.4 is 10.1 Å². The van der Waals surface area contributed by atoms with Crippen LogP contribution in [0.3, 0.4) is 0 Å². The van der Waals surface area contributed by atoms with Gasteiger partial charge in [-0.05, 0) is 12.1 Å². The van der Waals surface area contributed by atoms with Crippen LogP contribution in [0.1, 0.15) is 5.69 Å². The molecule has 0 aromatic carbocycles. The van der Waals surface area contributed by atoms with Crippen LogP contribution in [0.2, 0.25) is 0 Å². The number of pyridine rings is 1. The lowest BCUT2D eigenvalue weighted by atomic mass is 10.3.